The molecule has 25 heavy (non-hydrogen) atoms. The molecule has 0 fully saturated rings. The summed E-state index contributed by atoms with van der Waals surface area (Å²) in [5.41, 5.74) is 6.33. The van der Waals surface area contributed by atoms with Crippen LogP contribution in [0.3, 0.4) is 0 Å². The summed E-state index contributed by atoms with van der Waals surface area (Å²) in [6, 6.07) is 34.3. The normalized spacial score (nSPS) is 10.4. The third-order valence-corrected chi connectivity index (χ3v) is 4.52. The maximum absolute atomic E-state index is 4.10. The van der Waals surface area contributed by atoms with Gasteiger partial charge in [0.2, 0.25) is 6.71 Å². The van der Waals surface area contributed by atoms with Gasteiger partial charge in [-0.2, -0.15) is 0 Å². The van der Waals surface area contributed by atoms with E-state index in [-0.39, 0.29) is 6.71 Å². The fraction of sp³-hybridized carbons (Fsp3) is 0. The number of benzene rings is 3. The highest BCUT2D eigenvalue weighted by atomic mass is 14.6. The van der Waals surface area contributed by atoms with E-state index in [0.29, 0.717) is 0 Å². The first kappa shape index (κ1) is 15.4. The molecule has 3 aromatic carbocycles. The van der Waals surface area contributed by atoms with Crippen LogP contribution in [-0.2, 0) is 0 Å². The Hall–Kier alpha value is -3.13. The van der Waals surface area contributed by atoms with Gasteiger partial charge in [-0.25, -0.2) is 0 Å². The highest BCUT2D eigenvalue weighted by molar-refractivity contribution is 6.95. The second-order valence-electron chi connectivity index (χ2n) is 6.11. The van der Waals surface area contributed by atoms with Crippen molar-refractivity contribution in [2.45, 2.75) is 0 Å². The van der Waals surface area contributed by atoms with Gasteiger partial charge in [0.1, 0.15) is 0 Å². The maximum atomic E-state index is 4.10. The number of hydrogen-bond acceptors (Lipinski definition) is 1. The molecule has 0 spiro atoms. The van der Waals surface area contributed by atoms with E-state index in [4.69, 9.17) is 0 Å². The Bertz CT molecular complexity index is 880. The van der Waals surface area contributed by atoms with Gasteiger partial charge in [0, 0.05) is 12.4 Å². The molecule has 0 bridgehead atoms. The zero-order valence-electron chi connectivity index (χ0n) is 13.9. The molecule has 0 aliphatic rings. The van der Waals surface area contributed by atoms with E-state index in [9.17, 15) is 0 Å². The maximum Gasteiger partial charge on any atom is 0.241 e. The first-order valence-corrected chi connectivity index (χ1v) is 8.52. The molecule has 0 saturated heterocycles. The Morgan fingerprint density at radius 1 is 0.440 bits per heavy atom. The smallest absolute Gasteiger partial charge is 0.241 e. The third kappa shape index (κ3) is 3.38. The molecule has 4 rings (SSSR count). The van der Waals surface area contributed by atoms with Gasteiger partial charge in [-0.1, -0.05) is 101 Å². The van der Waals surface area contributed by atoms with Crippen molar-refractivity contribution < 1.29 is 0 Å². The number of hydrogen-bond donors (Lipinski definition) is 0. The highest BCUT2D eigenvalue weighted by Crippen LogP contribution is 2.16. The van der Waals surface area contributed by atoms with Gasteiger partial charge in [-0.05, 0) is 23.3 Å². The number of rotatable bonds is 4. The van der Waals surface area contributed by atoms with Crippen molar-refractivity contribution in [2.24, 2.45) is 0 Å². The first-order chi connectivity index (χ1) is 12.4. The van der Waals surface area contributed by atoms with E-state index in [1.54, 1.807) is 0 Å². The number of pyridine rings is 1. The Morgan fingerprint density at radius 2 is 0.880 bits per heavy atom. The van der Waals surface area contributed by atoms with Gasteiger partial charge in [-0.3, -0.25) is 4.98 Å². The zero-order chi connectivity index (χ0) is 16.9. The van der Waals surface area contributed by atoms with Gasteiger partial charge < -0.3 is 0 Å². The van der Waals surface area contributed by atoms with Crippen molar-refractivity contribution in [3.8, 4) is 11.1 Å². The van der Waals surface area contributed by atoms with Crippen molar-refractivity contribution in [3.63, 3.8) is 0 Å². The summed E-state index contributed by atoms with van der Waals surface area (Å²) in [5.74, 6) is 0. The van der Waals surface area contributed by atoms with E-state index >= 15 is 0 Å². The lowest BCUT2D eigenvalue weighted by molar-refractivity contribution is 1.33. The SMILES string of the molecule is c1ccc(B(c2ccccc2)c2ccc(-c3ccncc3)cc2)cc1. The molecular weight excluding hydrogens is 301 g/mol. The minimum absolute atomic E-state index is 0.244. The predicted octanol–water partition coefficient (Wildman–Crippen LogP) is 3.26. The Balaban J connectivity index is 1.75. The fourth-order valence-electron chi connectivity index (χ4n) is 3.28. The van der Waals surface area contributed by atoms with Gasteiger partial charge >= 0.3 is 0 Å². The summed E-state index contributed by atoms with van der Waals surface area (Å²) in [6.07, 6.45) is 3.67. The summed E-state index contributed by atoms with van der Waals surface area (Å²) in [4.78, 5) is 4.10. The summed E-state index contributed by atoms with van der Waals surface area (Å²) >= 11 is 0. The topological polar surface area (TPSA) is 12.9 Å². The van der Waals surface area contributed by atoms with Crippen LogP contribution in [0.25, 0.3) is 11.1 Å². The lowest BCUT2D eigenvalue weighted by Gasteiger charge is -2.16. The van der Waals surface area contributed by atoms with Crippen molar-refractivity contribution in [3.05, 3.63) is 109 Å². The second-order valence-corrected chi connectivity index (χ2v) is 6.11. The van der Waals surface area contributed by atoms with Crippen LogP contribution in [0.1, 0.15) is 0 Å². The van der Waals surface area contributed by atoms with E-state index in [1.165, 1.54) is 27.5 Å². The number of nitrogens with zero attached hydrogens (tertiary/aromatic N) is 1. The second kappa shape index (κ2) is 7.19. The van der Waals surface area contributed by atoms with Crippen molar-refractivity contribution >= 4 is 23.1 Å². The van der Waals surface area contributed by atoms with Crippen molar-refractivity contribution in [1.82, 2.24) is 4.98 Å². The van der Waals surface area contributed by atoms with E-state index in [1.807, 2.05) is 24.5 Å². The quantitative estimate of drug-likeness (QED) is 0.526. The molecule has 0 aliphatic carbocycles. The summed E-state index contributed by atoms with van der Waals surface area (Å²) in [5, 5.41) is 0. The predicted molar refractivity (Wildman–Crippen MR) is 107 cm³/mol. The van der Waals surface area contributed by atoms with E-state index in [2.05, 4.69) is 89.9 Å². The molecule has 1 nitrogen and oxygen atoms in total. The van der Waals surface area contributed by atoms with Crippen LogP contribution in [0.15, 0.2) is 109 Å². The Morgan fingerprint density at radius 3 is 1.40 bits per heavy atom. The average Bonchev–Trinajstić information content (AvgIpc) is 2.71. The van der Waals surface area contributed by atoms with Crippen LogP contribution in [0.4, 0.5) is 0 Å². The van der Waals surface area contributed by atoms with Crippen LogP contribution < -0.4 is 16.4 Å². The molecule has 1 aromatic heterocycles. The Kier molecular flexibility index (Phi) is 4.43. The Labute approximate surface area is 149 Å². The van der Waals surface area contributed by atoms with Crippen LogP contribution in [0.2, 0.25) is 0 Å². The molecule has 0 amide bonds. The first-order valence-electron chi connectivity index (χ1n) is 8.52. The van der Waals surface area contributed by atoms with Crippen LogP contribution >= 0.6 is 0 Å². The minimum Gasteiger partial charge on any atom is -0.265 e. The van der Waals surface area contributed by atoms with Crippen LogP contribution in [0, 0.1) is 0 Å². The van der Waals surface area contributed by atoms with E-state index < -0.39 is 0 Å². The zero-order valence-corrected chi connectivity index (χ0v) is 13.9. The average molecular weight is 319 g/mol. The third-order valence-electron chi connectivity index (χ3n) is 4.52. The van der Waals surface area contributed by atoms with Crippen molar-refractivity contribution in [1.29, 1.82) is 0 Å². The lowest BCUT2D eigenvalue weighted by Crippen LogP contribution is -2.51. The van der Waals surface area contributed by atoms with Gasteiger partial charge in [-0.15, -0.1) is 0 Å². The minimum atomic E-state index is 0.244. The molecule has 0 N–H and O–H groups in total. The van der Waals surface area contributed by atoms with Gasteiger partial charge in [0.05, 0.1) is 0 Å². The molecule has 0 radical (unpaired) electrons. The van der Waals surface area contributed by atoms with Gasteiger partial charge in [0.25, 0.3) is 0 Å². The molecule has 0 aliphatic heterocycles. The van der Waals surface area contributed by atoms with Crippen molar-refractivity contribution in [2.75, 3.05) is 0 Å². The largest absolute Gasteiger partial charge is 0.265 e. The molecule has 4 aromatic rings. The summed E-state index contributed by atoms with van der Waals surface area (Å²) in [6.45, 7) is 0.244. The van der Waals surface area contributed by atoms with Crippen LogP contribution in [-0.4, -0.2) is 11.7 Å². The molecule has 1 heterocycles. The standard InChI is InChI=1S/C23H18BN/c1-3-7-21(8-4-1)24(22-9-5-2-6-10-22)23-13-11-19(12-14-23)20-15-17-25-18-16-20/h1-18H. The number of aromatic nitrogens is 1. The molecule has 0 unspecified atom stereocenters. The van der Waals surface area contributed by atoms with E-state index in [0.717, 1.165) is 0 Å². The van der Waals surface area contributed by atoms with Crippen LogP contribution in [0.5, 0.6) is 0 Å². The lowest BCUT2D eigenvalue weighted by atomic mass is 9.37. The molecular formula is C23H18BN. The summed E-state index contributed by atoms with van der Waals surface area (Å²) in [7, 11) is 0. The highest BCUT2D eigenvalue weighted by Gasteiger charge is 2.20. The monoisotopic (exact) mass is 319 g/mol. The molecule has 118 valence electrons. The molecule has 0 saturated carbocycles. The molecule has 0 atom stereocenters. The van der Waals surface area contributed by atoms with Gasteiger partial charge in [0.15, 0.2) is 0 Å². The summed E-state index contributed by atoms with van der Waals surface area (Å²) < 4.78 is 0. The molecule has 2 heteroatoms. The fourth-order valence-corrected chi connectivity index (χ4v) is 3.28.